The van der Waals surface area contributed by atoms with Crippen LogP contribution in [0.1, 0.15) is 17.3 Å². The molecule has 152 valence electrons. The van der Waals surface area contributed by atoms with Crippen LogP contribution in [0.2, 0.25) is 0 Å². The first kappa shape index (κ1) is 19.6. The number of esters is 1. The Morgan fingerprint density at radius 1 is 1.23 bits per heavy atom. The van der Waals surface area contributed by atoms with Crippen molar-refractivity contribution in [2.75, 3.05) is 17.2 Å². The van der Waals surface area contributed by atoms with Crippen LogP contribution in [0.3, 0.4) is 0 Å². The number of nitrogens with zero attached hydrogens (tertiary/aromatic N) is 1. The maximum absolute atomic E-state index is 12.4. The van der Waals surface area contributed by atoms with Crippen molar-refractivity contribution in [2.24, 2.45) is 0 Å². The quantitative estimate of drug-likeness (QED) is 0.610. The van der Waals surface area contributed by atoms with E-state index in [0.717, 1.165) is 11.3 Å². The molecule has 0 fully saturated rings. The maximum atomic E-state index is 12.4. The molecule has 2 aromatic carbocycles. The Hall–Kier alpha value is -3.72. The highest BCUT2D eigenvalue weighted by Gasteiger charge is 2.22. The smallest absolute Gasteiger partial charge is 0.339 e. The molecule has 1 aromatic heterocycles. The third-order valence-electron chi connectivity index (χ3n) is 4.31. The predicted molar refractivity (Wildman–Crippen MR) is 112 cm³/mol. The zero-order valence-electron chi connectivity index (χ0n) is 15.9. The van der Waals surface area contributed by atoms with E-state index in [-0.39, 0.29) is 18.1 Å². The Labute approximate surface area is 175 Å². The van der Waals surface area contributed by atoms with Crippen molar-refractivity contribution in [3.05, 3.63) is 59.5 Å². The summed E-state index contributed by atoms with van der Waals surface area (Å²) in [5, 5.41) is 7.56. The summed E-state index contributed by atoms with van der Waals surface area (Å²) in [4.78, 5) is 40.5. The number of amides is 2. The molecule has 3 aromatic rings. The number of ether oxygens (including phenoxy) is 2. The molecule has 2 N–H and O–H groups in total. The van der Waals surface area contributed by atoms with E-state index in [1.54, 1.807) is 6.07 Å². The summed E-state index contributed by atoms with van der Waals surface area (Å²) in [6.07, 6.45) is -1.03. The second-order valence-electron chi connectivity index (χ2n) is 6.49. The second kappa shape index (κ2) is 8.34. The van der Waals surface area contributed by atoms with Gasteiger partial charge in [-0.1, -0.05) is 30.3 Å². The first-order chi connectivity index (χ1) is 14.5. The van der Waals surface area contributed by atoms with Crippen molar-refractivity contribution in [3.63, 3.8) is 0 Å². The van der Waals surface area contributed by atoms with Crippen molar-refractivity contribution >= 4 is 39.9 Å². The molecule has 1 aliphatic rings. The largest absolute Gasteiger partial charge is 0.482 e. The number of carbonyl (C=O) groups is 3. The van der Waals surface area contributed by atoms with Crippen LogP contribution in [-0.4, -0.2) is 35.5 Å². The number of nitrogens with one attached hydrogen (secondary N) is 2. The molecule has 0 bridgehead atoms. The lowest BCUT2D eigenvalue weighted by Gasteiger charge is -2.18. The summed E-state index contributed by atoms with van der Waals surface area (Å²) < 4.78 is 10.5. The number of rotatable bonds is 5. The fraction of sp³-hybridized carbons (Fsp3) is 0.143. The second-order valence-corrected chi connectivity index (χ2v) is 7.35. The summed E-state index contributed by atoms with van der Waals surface area (Å²) >= 11 is 1.29. The van der Waals surface area contributed by atoms with Crippen LogP contribution in [-0.2, 0) is 14.3 Å². The molecule has 0 aliphatic carbocycles. The number of hydrogen-bond donors (Lipinski definition) is 2. The van der Waals surface area contributed by atoms with Crippen molar-refractivity contribution < 1.29 is 23.9 Å². The van der Waals surface area contributed by atoms with Crippen molar-refractivity contribution in [1.82, 2.24) is 4.98 Å². The summed E-state index contributed by atoms with van der Waals surface area (Å²) in [6.45, 7) is 1.36. The lowest BCUT2D eigenvalue weighted by atomic mass is 10.1. The predicted octanol–water partition coefficient (Wildman–Crippen LogP) is 3.33. The molecule has 8 nitrogen and oxygen atoms in total. The first-order valence-electron chi connectivity index (χ1n) is 9.09. The lowest BCUT2D eigenvalue weighted by Crippen LogP contribution is -2.30. The molecule has 0 radical (unpaired) electrons. The van der Waals surface area contributed by atoms with Crippen molar-refractivity contribution in [3.8, 4) is 17.0 Å². The van der Waals surface area contributed by atoms with Gasteiger partial charge in [0.1, 0.15) is 5.75 Å². The average molecular weight is 423 g/mol. The number of benzene rings is 2. The Bertz CT molecular complexity index is 1110. The van der Waals surface area contributed by atoms with Gasteiger partial charge in [0.25, 0.3) is 11.8 Å². The van der Waals surface area contributed by atoms with Crippen LogP contribution in [0.25, 0.3) is 11.3 Å². The van der Waals surface area contributed by atoms with Crippen molar-refractivity contribution in [2.45, 2.75) is 13.0 Å². The highest BCUT2D eigenvalue weighted by molar-refractivity contribution is 7.14. The lowest BCUT2D eigenvalue weighted by molar-refractivity contribution is -0.123. The fourth-order valence-electron chi connectivity index (χ4n) is 2.76. The molecule has 4 rings (SSSR count). The SMILES string of the molecule is CC(OC(=O)c1ccc2c(c1)OCC(=O)N2)C(=O)Nc1nc(-c2ccccc2)cs1. The minimum Gasteiger partial charge on any atom is -0.482 e. The highest BCUT2D eigenvalue weighted by atomic mass is 32.1. The molecule has 0 saturated carbocycles. The van der Waals surface area contributed by atoms with E-state index in [0.29, 0.717) is 16.6 Å². The minimum atomic E-state index is -1.03. The molecule has 30 heavy (non-hydrogen) atoms. The van der Waals surface area contributed by atoms with Gasteiger partial charge in [-0.15, -0.1) is 11.3 Å². The maximum Gasteiger partial charge on any atom is 0.339 e. The van der Waals surface area contributed by atoms with E-state index in [1.807, 2.05) is 35.7 Å². The number of thiazole rings is 1. The van der Waals surface area contributed by atoms with Gasteiger partial charge in [0.2, 0.25) is 0 Å². The zero-order chi connectivity index (χ0) is 21.1. The van der Waals surface area contributed by atoms with Crippen LogP contribution in [0.4, 0.5) is 10.8 Å². The van der Waals surface area contributed by atoms with Crippen LogP contribution >= 0.6 is 11.3 Å². The first-order valence-corrected chi connectivity index (χ1v) is 9.97. The van der Waals surface area contributed by atoms with Crippen LogP contribution in [0.5, 0.6) is 5.75 Å². The number of hydrogen-bond acceptors (Lipinski definition) is 7. The van der Waals surface area contributed by atoms with Gasteiger partial charge in [-0.25, -0.2) is 9.78 Å². The van der Waals surface area contributed by atoms with E-state index >= 15 is 0 Å². The number of fused-ring (bicyclic) bond motifs is 1. The zero-order valence-corrected chi connectivity index (χ0v) is 16.7. The van der Waals surface area contributed by atoms with E-state index in [4.69, 9.17) is 9.47 Å². The minimum absolute atomic E-state index is 0.122. The van der Waals surface area contributed by atoms with Gasteiger partial charge >= 0.3 is 5.97 Å². The van der Waals surface area contributed by atoms with E-state index in [1.165, 1.54) is 30.4 Å². The van der Waals surface area contributed by atoms with Gasteiger partial charge in [0.05, 0.1) is 16.9 Å². The average Bonchev–Trinajstić information content (AvgIpc) is 3.22. The topological polar surface area (TPSA) is 107 Å². The molecule has 0 saturated heterocycles. The van der Waals surface area contributed by atoms with Gasteiger partial charge in [0, 0.05) is 10.9 Å². The molecule has 1 atom stereocenters. The molecule has 2 amide bonds. The van der Waals surface area contributed by atoms with E-state index < -0.39 is 18.0 Å². The number of carbonyl (C=O) groups excluding carboxylic acids is 3. The normalized spacial score (nSPS) is 13.4. The van der Waals surface area contributed by atoms with Gasteiger partial charge in [-0.3, -0.25) is 14.9 Å². The summed E-state index contributed by atoms with van der Waals surface area (Å²) in [5.74, 6) is -1.05. The Kier molecular flexibility index (Phi) is 5.44. The molecule has 2 heterocycles. The molecular formula is C21H17N3O5S. The van der Waals surface area contributed by atoms with Crippen LogP contribution in [0, 0.1) is 0 Å². The summed E-state index contributed by atoms with van der Waals surface area (Å²) in [7, 11) is 0. The third-order valence-corrected chi connectivity index (χ3v) is 5.06. The number of anilines is 2. The molecule has 0 spiro atoms. The third kappa shape index (κ3) is 4.31. The van der Waals surface area contributed by atoms with Crippen LogP contribution in [0.15, 0.2) is 53.9 Å². The Balaban J connectivity index is 1.37. The highest BCUT2D eigenvalue weighted by Crippen LogP contribution is 2.29. The van der Waals surface area contributed by atoms with Gasteiger partial charge in [0.15, 0.2) is 17.8 Å². The molecule has 1 unspecified atom stereocenters. The van der Waals surface area contributed by atoms with Crippen molar-refractivity contribution in [1.29, 1.82) is 0 Å². The van der Waals surface area contributed by atoms with E-state index in [9.17, 15) is 14.4 Å². The van der Waals surface area contributed by atoms with Crippen LogP contribution < -0.4 is 15.4 Å². The Morgan fingerprint density at radius 3 is 2.83 bits per heavy atom. The fourth-order valence-corrected chi connectivity index (χ4v) is 3.49. The molecular weight excluding hydrogens is 406 g/mol. The van der Waals surface area contributed by atoms with Gasteiger partial charge in [-0.2, -0.15) is 0 Å². The monoisotopic (exact) mass is 423 g/mol. The number of aromatic nitrogens is 1. The Morgan fingerprint density at radius 2 is 2.03 bits per heavy atom. The molecule has 9 heteroatoms. The van der Waals surface area contributed by atoms with E-state index in [2.05, 4.69) is 15.6 Å². The van der Waals surface area contributed by atoms with Gasteiger partial charge in [-0.05, 0) is 25.1 Å². The standard InChI is InChI=1S/C21H17N3O5S/c1-12(19(26)24-21-23-16(11-30-21)13-5-3-2-4-6-13)29-20(27)14-7-8-15-17(9-14)28-10-18(25)22-15/h2-9,11-12H,10H2,1H3,(H,22,25)(H,23,24,26). The summed E-state index contributed by atoms with van der Waals surface area (Å²) in [5.41, 5.74) is 2.39. The van der Waals surface area contributed by atoms with Gasteiger partial charge < -0.3 is 14.8 Å². The summed E-state index contributed by atoms with van der Waals surface area (Å²) in [6, 6.07) is 14.1. The molecule has 1 aliphatic heterocycles.